The van der Waals surface area contributed by atoms with Gasteiger partial charge < -0.3 is 0 Å². The third kappa shape index (κ3) is 9.06. The zero-order chi connectivity index (χ0) is 0. The normalized spacial score (nSPS) is 0. The molecule has 0 N–H and O–H groups in total. The van der Waals surface area contributed by atoms with Crippen LogP contribution in [0.2, 0.25) is 0 Å². The Labute approximate surface area is 107 Å². The van der Waals surface area contributed by atoms with Gasteiger partial charge in [-0.15, -0.1) is 0 Å². The minimum absolute atomic E-state index is 0. The van der Waals surface area contributed by atoms with E-state index in [0.29, 0.717) is 0 Å². The van der Waals surface area contributed by atoms with E-state index in [1.165, 1.54) is 0 Å². The molecular formula is H8CaS2Sr. The second kappa shape index (κ2) is 16.1. The van der Waals surface area contributed by atoms with Gasteiger partial charge in [-0.1, -0.05) is 0 Å². The Bertz CT molecular complexity index is 6.00. The summed E-state index contributed by atoms with van der Waals surface area (Å²) in [6, 6.07) is 0. The predicted molar refractivity (Wildman–Crippen MR) is 37.9 cm³/mol. The van der Waals surface area contributed by atoms with Crippen molar-refractivity contribution < 1.29 is 0 Å². The first-order chi connectivity index (χ1) is 0. The molecule has 0 aliphatic rings. The molecule has 0 heterocycles. The van der Waals surface area contributed by atoms with Crippen molar-refractivity contribution in [3.63, 3.8) is 0 Å². The van der Waals surface area contributed by atoms with Gasteiger partial charge in [0.05, 0.1) is 0 Å². The van der Waals surface area contributed by atoms with Crippen molar-refractivity contribution in [2.24, 2.45) is 0 Å². The Balaban J connectivity index is 0. The van der Waals surface area contributed by atoms with Crippen molar-refractivity contribution in [3.8, 4) is 0 Å². The van der Waals surface area contributed by atoms with Crippen molar-refractivity contribution in [2.45, 2.75) is 0 Å². The summed E-state index contributed by atoms with van der Waals surface area (Å²) in [5.41, 5.74) is 0. The molecule has 0 unspecified atom stereocenters. The zero-order valence-corrected chi connectivity index (χ0v) is 3.00. The molecule has 0 radical (unpaired) electrons. The molecule has 0 aliphatic heterocycles. The van der Waals surface area contributed by atoms with Crippen LogP contribution in [0.25, 0.3) is 0 Å². The molecular weight excluding hydrogens is 192 g/mol. The van der Waals surface area contributed by atoms with Gasteiger partial charge in [-0.25, -0.2) is 0 Å². The van der Waals surface area contributed by atoms with Crippen LogP contribution in [0, 0.1) is 0 Å². The average Bonchev–Trinajstić information content (AvgIpc) is 0. The quantitative estimate of drug-likeness (QED) is 0.413. The van der Waals surface area contributed by atoms with Gasteiger partial charge in [0, 0.05) is 0 Å². The standard InChI is InChI=1S/Ca.2H2S.Sr.4H/h;2*1H2;;;;;. The average molecular weight is 200 g/mol. The second-order valence-corrected chi connectivity index (χ2v) is 0. The molecule has 0 amide bonds. The van der Waals surface area contributed by atoms with Crippen LogP contribution in [-0.4, -0.2) is 83.2 Å². The molecule has 0 fully saturated rings. The van der Waals surface area contributed by atoms with Crippen molar-refractivity contribution in [1.29, 1.82) is 0 Å². The summed E-state index contributed by atoms with van der Waals surface area (Å²) in [5.74, 6) is 0. The predicted octanol–water partition coefficient (Wildman–Crippen LogP) is -1.61. The van der Waals surface area contributed by atoms with Crippen LogP contribution >= 0.6 is 27.0 Å². The van der Waals surface area contributed by atoms with Crippen LogP contribution in [-0.2, 0) is 0 Å². The van der Waals surface area contributed by atoms with E-state index >= 15 is 0 Å². The van der Waals surface area contributed by atoms with Crippen LogP contribution in [0.1, 0.15) is 0 Å². The molecule has 0 aromatic rings. The van der Waals surface area contributed by atoms with Gasteiger partial charge in [0.2, 0.25) is 0 Å². The first-order valence-electron chi connectivity index (χ1n) is 0. The van der Waals surface area contributed by atoms with Crippen molar-refractivity contribution in [3.05, 3.63) is 0 Å². The topological polar surface area (TPSA) is 0 Å². The van der Waals surface area contributed by atoms with Crippen molar-refractivity contribution in [1.82, 2.24) is 0 Å². The maximum absolute atomic E-state index is 0. The van der Waals surface area contributed by atoms with Crippen LogP contribution < -0.4 is 0 Å². The van der Waals surface area contributed by atoms with Gasteiger partial charge >= 0.3 is 83.2 Å². The first-order valence-corrected chi connectivity index (χ1v) is 0. The fourth-order valence-corrected chi connectivity index (χ4v) is 0. The molecule has 0 aliphatic carbocycles. The summed E-state index contributed by atoms with van der Waals surface area (Å²) in [7, 11) is 0. The van der Waals surface area contributed by atoms with Gasteiger partial charge in [-0.3, -0.25) is 0 Å². The Morgan fingerprint density at radius 3 is 0.750 bits per heavy atom. The summed E-state index contributed by atoms with van der Waals surface area (Å²) in [5, 5.41) is 0. The van der Waals surface area contributed by atoms with Crippen LogP contribution in [0.15, 0.2) is 0 Å². The molecule has 0 saturated heterocycles. The van der Waals surface area contributed by atoms with Crippen LogP contribution in [0.3, 0.4) is 0 Å². The summed E-state index contributed by atoms with van der Waals surface area (Å²) in [4.78, 5) is 0. The summed E-state index contributed by atoms with van der Waals surface area (Å²) >= 11 is 0. The van der Waals surface area contributed by atoms with Crippen LogP contribution in [0.5, 0.6) is 0 Å². The van der Waals surface area contributed by atoms with Gasteiger partial charge in [0.15, 0.2) is 0 Å². The van der Waals surface area contributed by atoms with Gasteiger partial charge in [0.1, 0.15) is 0 Å². The third-order valence-electron chi connectivity index (χ3n) is 0. The van der Waals surface area contributed by atoms with E-state index in [9.17, 15) is 0 Å². The van der Waals surface area contributed by atoms with E-state index in [1.54, 1.807) is 0 Å². The maximum atomic E-state index is 0. The van der Waals surface area contributed by atoms with E-state index in [2.05, 4.69) is 0 Å². The SMILES string of the molecule is S.S.[CaH2].[SrH2]. The molecule has 0 bridgehead atoms. The van der Waals surface area contributed by atoms with Gasteiger partial charge in [0.25, 0.3) is 0 Å². The molecule has 0 aromatic heterocycles. The van der Waals surface area contributed by atoms with Crippen molar-refractivity contribution in [2.75, 3.05) is 0 Å². The van der Waals surface area contributed by atoms with E-state index in [-0.39, 0.29) is 110 Å². The fourth-order valence-electron chi connectivity index (χ4n) is 0. The second-order valence-electron chi connectivity index (χ2n) is 0. The Morgan fingerprint density at radius 1 is 0.750 bits per heavy atom. The number of rotatable bonds is 0. The molecule has 0 aromatic carbocycles. The summed E-state index contributed by atoms with van der Waals surface area (Å²) in [6.45, 7) is 0. The molecule has 0 rings (SSSR count). The number of hydrogen-bond donors (Lipinski definition) is 0. The minimum atomic E-state index is 0. The molecule has 0 nitrogen and oxygen atoms in total. The fraction of sp³-hybridized carbons (Fsp3) is 0. The molecule has 0 spiro atoms. The van der Waals surface area contributed by atoms with E-state index < -0.39 is 0 Å². The van der Waals surface area contributed by atoms with E-state index in [1.807, 2.05) is 0 Å². The van der Waals surface area contributed by atoms with Gasteiger partial charge in [-0.2, -0.15) is 27.0 Å². The Morgan fingerprint density at radius 2 is 0.750 bits per heavy atom. The van der Waals surface area contributed by atoms with E-state index in [0.717, 1.165) is 0 Å². The van der Waals surface area contributed by atoms with Crippen molar-refractivity contribution >= 4 is 110 Å². The third-order valence-corrected chi connectivity index (χ3v) is 0. The summed E-state index contributed by atoms with van der Waals surface area (Å²) < 4.78 is 0. The Kier molecular flexibility index (Phi) is 105. The molecule has 0 saturated carbocycles. The van der Waals surface area contributed by atoms with E-state index in [4.69, 9.17) is 0 Å². The first kappa shape index (κ1) is 26.1. The number of hydrogen-bond acceptors (Lipinski definition) is 0. The molecule has 24 valence electrons. The monoisotopic (exact) mass is 200 g/mol. The molecule has 4 heteroatoms. The summed E-state index contributed by atoms with van der Waals surface area (Å²) in [6.07, 6.45) is 0. The molecule has 0 atom stereocenters. The molecule has 4 heavy (non-hydrogen) atoms. The zero-order valence-electron chi connectivity index (χ0n) is 1.00. The Hall–Kier alpha value is 3.44. The van der Waals surface area contributed by atoms with Gasteiger partial charge in [-0.05, 0) is 0 Å². The van der Waals surface area contributed by atoms with Crippen LogP contribution in [0.4, 0.5) is 0 Å².